The van der Waals surface area contributed by atoms with E-state index >= 15 is 0 Å². The number of hydrogen-bond acceptors (Lipinski definition) is 3. The summed E-state index contributed by atoms with van der Waals surface area (Å²) < 4.78 is 0. The lowest BCUT2D eigenvalue weighted by Crippen LogP contribution is -2.04. The fourth-order valence-corrected chi connectivity index (χ4v) is 1.17. The lowest BCUT2D eigenvalue weighted by Gasteiger charge is -2.02. The lowest BCUT2D eigenvalue weighted by molar-refractivity contribution is 0.150. The molecular weight excluding hydrogens is 164 g/mol. The van der Waals surface area contributed by atoms with Crippen LogP contribution in [-0.2, 0) is 4.84 Å². The van der Waals surface area contributed by atoms with Crippen LogP contribution in [0.1, 0.15) is 52.4 Å². The monoisotopic (exact) mass is 186 g/mol. The molecule has 0 aromatic rings. The van der Waals surface area contributed by atoms with Crippen LogP contribution in [0.2, 0.25) is 0 Å². The van der Waals surface area contributed by atoms with Gasteiger partial charge in [0.15, 0.2) is 6.73 Å². The first kappa shape index (κ1) is 12.4. The third-order valence-corrected chi connectivity index (χ3v) is 2.00. The van der Waals surface area contributed by atoms with Gasteiger partial charge in [0.25, 0.3) is 0 Å². The summed E-state index contributed by atoms with van der Waals surface area (Å²) in [5, 5.41) is 3.95. The van der Waals surface area contributed by atoms with Gasteiger partial charge in [-0.1, -0.05) is 38.3 Å². The number of nitrogens with two attached hydrogens (primary N) is 1. The molecule has 0 aliphatic carbocycles. The Kier molecular flexibility index (Phi) is 9.10. The average molecular weight is 186 g/mol. The molecule has 0 unspecified atom stereocenters. The van der Waals surface area contributed by atoms with Gasteiger partial charge in [0.05, 0.1) is 5.71 Å². The van der Waals surface area contributed by atoms with E-state index in [0.29, 0.717) is 0 Å². The highest BCUT2D eigenvalue weighted by molar-refractivity contribution is 5.83. The first-order valence-electron chi connectivity index (χ1n) is 5.22. The molecule has 0 amide bonds. The Morgan fingerprint density at radius 3 is 2.54 bits per heavy atom. The quantitative estimate of drug-likeness (QED) is 0.274. The summed E-state index contributed by atoms with van der Waals surface area (Å²) in [4.78, 5) is 4.81. The Morgan fingerprint density at radius 1 is 1.23 bits per heavy atom. The van der Waals surface area contributed by atoms with Gasteiger partial charge in [-0.15, -0.1) is 0 Å². The van der Waals surface area contributed by atoms with Crippen molar-refractivity contribution in [3.05, 3.63) is 0 Å². The van der Waals surface area contributed by atoms with Crippen molar-refractivity contribution in [2.45, 2.75) is 52.4 Å². The van der Waals surface area contributed by atoms with Crippen molar-refractivity contribution in [1.29, 1.82) is 0 Å². The fourth-order valence-electron chi connectivity index (χ4n) is 1.17. The molecule has 0 spiro atoms. The number of hydrogen-bond donors (Lipinski definition) is 1. The molecule has 0 aliphatic heterocycles. The van der Waals surface area contributed by atoms with E-state index in [-0.39, 0.29) is 6.73 Å². The van der Waals surface area contributed by atoms with E-state index in [4.69, 9.17) is 10.6 Å². The summed E-state index contributed by atoms with van der Waals surface area (Å²) in [6.07, 6.45) is 7.11. The third kappa shape index (κ3) is 7.78. The van der Waals surface area contributed by atoms with Crippen LogP contribution in [0.4, 0.5) is 0 Å². The standard InChI is InChI=1S/C10H22N2O/c1-3-5-6-7-8-10(4-2)12-13-9-11/h3-9,11H2,1-2H3/b12-10+. The highest BCUT2D eigenvalue weighted by Crippen LogP contribution is 2.05. The van der Waals surface area contributed by atoms with E-state index in [1.807, 2.05) is 0 Å². The molecule has 2 N–H and O–H groups in total. The summed E-state index contributed by atoms with van der Waals surface area (Å²) in [6, 6.07) is 0. The van der Waals surface area contributed by atoms with E-state index in [9.17, 15) is 0 Å². The minimum absolute atomic E-state index is 0.179. The molecule has 0 saturated carbocycles. The summed E-state index contributed by atoms with van der Waals surface area (Å²) >= 11 is 0. The predicted molar refractivity (Wildman–Crippen MR) is 56.6 cm³/mol. The first-order chi connectivity index (χ1) is 6.35. The third-order valence-electron chi connectivity index (χ3n) is 2.00. The Hall–Kier alpha value is -0.570. The Morgan fingerprint density at radius 2 is 2.00 bits per heavy atom. The van der Waals surface area contributed by atoms with Gasteiger partial charge in [-0.3, -0.25) is 5.73 Å². The zero-order chi connectivity index (χ0) is 9.94. The molecule has 0 aromatic carbocycles. The van der Waals surface area contributed by atoms with Crippen LogP contribution in [0.25, 0.3) is 0 Å². The van der Waals surface area contributed by atoms with Gasteiger partial charge >= 0.3 is 0 Å². The second-order valence-corrected chi connectivity index (χ2v) is 3.12. The van der Waals surface area contributed by atoms with E-state index < -0.39 is 0 Å². The van der Waals surface area contributed by atoms with Crippen LogP contribution in [0.5, 0.6) is 0 Å². The van der Waals surface area contributed by atoms with Crippen LogP contribution in [-0.4, -0.2) is 12.4 Å². The zero-order valence-corrected chi connectivity index (χ0v) is 8.88. The Labute approximate surface area is 81.3 Å². The smallest absolute Gasteiger partial charge is 0.165 e. The molecule has 0 heterocycles. The fraction of sp³-hybridized carbons (Fsp3) is 0.900. The summed E-state index contributed by atoms with van der Waals surface area (Å²) in [5.41, 5.74) is 6.31. The highest BCUT2D eigenvalue weighted by atomic mass is 16.6. The van der Waals surface area contributed by atoms with E-state index in [2.05, 4.69) is 19.0 Å². The maximum Gasteiger partial charge on any atom is 0.165 e. The van der Waals surface area contributed by atoms with Crippen LogP contribution < -0.4 is 5.73 Å². The first-order valence-corrected chi connectivity index (χ1v) is 5.22. The molecule has 0 rings (SSSR count). The molecule has 0 fully saturated rings. The van der Waals surface area contributed by atoms with E-state index in [0.717, 1.165) is 18.6 Å². The second-order valence-electron chi connectivity index (χ2n) is 3.12. The minimum Gasteiger partial charge on any atom is -0.380 e. The molecule has 78 valence electrons. The van der Waals surface area contributed by atoms with Gasteiger partial charge in [-0.05, 0) is 19.3 Å². The summed E-state index contributed by atoms with van der Waals surface area (Å²) in [6.45, 7) is 4.49. The molecule has 0 aliphatic rings. The largest absolute Gasteiger partial charge is 0.380 e. The Balaban J connectivity index is 3.47. The average Bonchev–Trinajstić information content (AvgIpc) is 2.17. The molecule has 0 saturated heterocycles. The summed E-state index contributed by atoms with van der Waals surface area (Å²) in [5.74, 6) is 0. The Bertz CT molecular complexity index is 135. The summed E-state index contributed by atoms with van der Waals surface area (Å²) in [7, 11) is 0. The van der Waals surface area contributed by atoms with Crippen LogP contribution >= 0.6 is 0 Å². The maximum absolute atomic E-state index is 5.18. The van der Waals surface area contributed by atoms with Crippen molar-refractivity contribution in [3.63, 3.8) is 0 Å². The number of oxime groups is 1. The number of nitrogens with zero attached hydrogens (tertiary/aromatic N) is 1. The molecule has 0 bridgehead atoms. The van der Waals surface area contributed by atoms with Crippen LogP contribution in [0, 0.1) is 0 Å². The van der Waals surface area contributed by atoms with Crippen molar-refractivity contribution in [3.8, 4) is 0 Å². The van der Waals surface area contributed by atoms with Crippen LogP contribution in [0.3, 0.4) is 0 Å². The molecule has 3 nitrogen and oxygen atoms in total. The molecule has 0 atom stereocenters. The second kappa shape index (κ2) is 9.52. The van der Waals surface area contributed by atoms with Gasteiger partial charge in [0.1, 0.15) is 0 Å². The SMILES string of the molecule is CCCCCC/C(CC)=N/OCN. The van der Waals surface area contributed by atoms with Gasteiger partial charge in [0.2, 0.25) is 0 Å². The van der Waals surface area contributed by atoms with Crippen LogP contribution in [0.15, 0.2) is 5.16 Å². The van der Waals surface area contributed by atoms with Crippen molar-refractivity contribution in [2.24, 2.45) is 10.9 Å². The predicted octanol–water partition coefficient (Wildman–Crippen LogP) is 2.66. The molecule has 13 heavy (non-hydrogen) atoms. The topological polar surface area (TPSA) is 47.6 Å². The van der Waals surface area contributed by atoms with E-state index in [1.165, 1.54) is 25.7 Å². The normalized spacial score (nSPS) is 11.8. The molecular formula is C10H22N2O. The van der Waals surface area contributed by atoms with Gasteiger partial charge in [-0.2, -0.15) is 0 Å². The maximum atomic E-state index is 5.18. The molecule has 0 radical (unpaired) electrons. The van der Waals surface area contributed by atoms with Gasteiger partial charge in [-0.25, -0.2) is 0 Å². The number of rotatable bonds is 8. The van der Waals surface area contributed by atoms with Crippen molar-refractivity contribution in [1.82, 2.24) is 0 Å². The number of unbranched alkanes of at least 4 members (excludes halogenated alkanes) is 3. The zero-order valence-electron chi connectivity index (χ0n) is 8.88. The lowest BCUT2D eigenvalue weighted by atomic mass is 10.1. The molecule has 0 aromatic heterocycles. The van der Waals surface area contributed by atoms with E-state index in [1.54, 1.807) is 0 Å². The van der Waals surface area contributed by atoms with Gasteiger partial charge < -0.3 is 4.84 Å². The van der Waals surface area contributed by atoms with Crippen molar-refractivity contribution in [2.75, 3.05) is 6.73 Å². The van der Waals surface area contributed by atoms with Gasteiger partial charge in [0, 0.05) is 0 Å². The van der Waals surface area contributed by atoms with Crippen molar-refractivity contribution >= 4 is 5.71 Å². The highest BCUT2D eigenvalue weighted by Gasteiger charge is 1.96. The van der Waals surface area contributed by atoms with Crippen molar-refractivity contribution < 1.29 is 4.84 Å². The minimum atomic E-state index is 0.179. The molecule has 3 heteroatoms.